The summed E-state index contributed by atoms with van der Waals surface area (Å²) in [6, 6.07) is 4.30. The summed E-state index contributed by atoms with van der Waals surface area (Å²) in [6.07, 6.45) is 2.71. The van der Waals surface area contributed by atoms with Crippen LogP contribution in [0.3, 0.4) is 0 Å². The number of nitrogens with zero attached hydrogens (tertiary/aromatic N) is 2. The number of halogens is 2. The summed E-state index contributed by atoms with van der Waals surface area (Å²) in [4.78, 5) is 4.18. The summed E-state index contributed by atoms with van der Waals surface area (Å²) >= 11 is 5.69. The molecule has 2 aromatic rings. The van der Waals surface area contributed by atoms with Gasteiger partial charge in [-0.3, -0.25) is 0 Å². The van der Waals surface area contributed by atoms with E-state index in [1.807, 2.05) is 0 Å². The quantitative estimate of drug-likeness (QED) is 0.909. The first-order valence-corrected chi connectivity index (χ1v) is 6.05. The average Bonchev–Trinajstić information content (AvgIpc) is 2.75. The van der Waals surface area contributed by atoms with Gasteiger partial charge in [0.05, 0.1) is 11.1 Å². The zero-order valence-electron chi connectivity index (χ0n) is 9.49. The molecule has 1 aromatic heterocycles. The Morgan fingerprint density at radius 3 is 2.78 bits per heavy atom. The highest BCUT2D eigenvalue weighted by molar-refractivity contribution is 6.30. The molecular weight excluding hydrogens is 257 g/mol. The summed E-state index contributed by atoms with van der Waals surface area (Å²) in [5.41, 5.74) is 5.81. The smallest absolute Gasteiger partial charge is 0.260 e. The Balaban J connectivity index is 1.97. The fourth-order valence-electron chi connectivity index (χ4n) is 1.98. The maximum atomic E-state index is 13.7. The molecule has 0 radical (unpaired) electrons. The number of benzene rings is 1. The minimum Gasteiger partial charge on any atom is -0.334 e. The van der Waals surface area contributed by atoms with Crippen molar-refractivity contribution in [1.82, 2.24) is 10.1 Å². The number of aromatic nitrogens is 2. The van der Waals surface area contributed by atoms with E-state index in [0.29, 0.717) is 10.8 Å². The lowest BCUT2D eigenvalue weighted by Crippen LogP contribution is -2.44. The molecule has 0 unspecified atom stereocenters. The molecule has 0 bridgehead atoms. The van der Waals surface area contributed by atoms with Gasteiger partial charge < -0.3 is 10.3 Å². The molecule has 1 aliphatic rings. The third kappa shape index (κ3) is 1.79. The third-order valence-corrected chi connectivity index (χ3v) is 3.51. The summed E-state index contributed by atoms with van der Waals surface area (Å²) < 4.78 is 18.8. The van der Waals surface area contributed by atoms with E-state index in [1.54, 1.807) is 6.07 Å². The average molecular weight is 268 g/mol. The fraction of sp³-hybridized carbons (Fsp3) is 0.333. The normalized spacial score (nSPS) is 17.5. The molecule has 1 aliphatic carbocycles. The molecule has 2 N–H and O–H groups in total. The van der Waals surface area contributed by atoms with E-state index in [0.717, 1.165) is 19.3 Å². The Bertz CT molecular complexity index is 595. The molecule has 0 amide bonds. The van der Waals surface area contributed by atoms with Gasteiger partial charge in [0.1, 0.15) is 5.82 Å². The van der Waals surface area contributed by atoms with Crippen molar-refractivity contribution in [2.24, 2.45) is 5.73 Å². The Morgan fingerprint density at radius 1 is 1.39 bits per heavy atom. The van der Waals surface area contributed by atoms with Crippen molar-refractivity contribution in [3.8, 4) is 11.5 Å². The highest BCUT2D eigenvalue weighted by Crippen LogP contribution is 2.37. The Kier molecular flexibility index (Phi) is 2.60. The van der Waals surface area contributed by atoms with Crippen molar-refractivity contribution < 1.29 is 8.91 Å². The SMILES string of the molecule is NC1(c2noc(-c3ccc(Cl)cc3F)n2)CCC1. The van der Waals surface area contributed by atoms with Crippen LogP contribution in [-0.2, 0) is 5.54 Å². The molecule has 0 saturated heterocycles. The van der Waals surface area contributed by atoms with Gasteiger partial charge in [-0.2, -0.15) is 4.98 Å². The highest BCUT2D eigenvalue weighted by Gasteiger charge is 2.39. The van der Waals surface area contributed by atoms with Gasteiger partial charge in [0.2, 0.25) is 0 Å². The van der Waals surface area contributed by atoms with E-state index in [1.165, 1.54) is 12.1 Å². The zero-order chi connectivity index (χ0) is 12.8. The van der Waals surface area contributed by atoms with E-state index in [9.17, 15) is 4.39 Å². The van der Waals surface area contributed by atoms with Crippen LogP contribution >= 0.6 is 11.6 Å². The largest absolute Gasteiger partial charge is 0.334 e. The Labute approximate surface area is 108 Å². The number of rotatable bonds is 2. The maximum Gasteiger partial charge on any atom is 0.260 e. The van der Waals surface area contributed by atoms with Crippen LogP contribution in [0, 0.1) is 5.82 Å². The van der Waals surface area contributed by atoms with Gasteiger partial charge in [-0.25, -0.2) is 4.39 Å². The minimum absolute atomic E-state index is 0.135. The highest BCUT2D eigenvalue weighted by atomic mass is 35.5. The van der Waals surface area contributed by atoms with Crippen LogP contribution in [0.2, 0.25) is 5.02 Å². The molecule has 4 nitrogen and oxygen atoms in total. The van der Waals surface area contributed by atoms with Crippen LogP contribution in [0.5, 0.6) is 0 Å². The van der Waals surface area contributed by atoms with E-state index < -0.39 is 11.4 Å². The van der Waals surface area contributed by atoms with Crippen LogP contribution in [0.25, 0.3) is 11.5 Å². The summed E-state index contributed by atoms with van der Waals surface area (Å²) in [6.45, 7) is 0. The second-order valence-corrected chi connectivity index (χ2v) is 4.99. The van der Waals surface area contributed by atoms with E-state index >= 15 is 0 Å². The number of hydrogen-bond acceptors (Lipinski definition) is 4. The summed E-state index contributed by atoms with van der Waals surface area (Å²) in [7, 11) is 0. The molecule has 0 aliphatic heterocycles. The topological polar surface area (TPSA) is 64.9 Å². The van der Waals surface area contributed by atoms with Crippen molar-refractivity contribution in [2.45, 2.75) is 24.8 Å². The summed E-state index contributed by atoms with van der Waals surface area (Å²) in [5, 5.41) is 4.16. The molecule has 1 aromatic carbocycles. The lowest BCUT2D eigenvalue weighted by Gasteiger charge is -2.34. The number of nitrogens with two attached hydrogens (primary N) is 1. The predicted octanol–water partition coefficient (Wildman–Crippen LogP) is 2.87. The van der Waals surface area contributed by atoms with Gasteiger partial charge in [0, 0.05) is 5.02 Å². The van der Waals surface area contributed by atoms with Gasteiger partial charge in [-0.05, 0) is 37.5 Å². The van der Waals surface area contributed by atoms with Gasteiger partial charge in [-0.1, -0.05) is 16.8 Å². The van der Waals surface area contributed by atoms with Crippen LogP contribution < -0.4 is 5.73 Å². The van der Waals surface area contributed by atoms with Gasteiger partial charge in [-0.15, -0.1) is 0 Å². The van der Waals surface area contributed by atoms with Crippen LogP contribution in [-0.4, -0.2) is 10.1 Å². The first-order valence-electron chi connectivity index (χ1n) is 5.67. The second kappa shape index (κ2) is 4.03. The van der Waals surface area contributed by atoms with Crippen molar-refractivity contribution in [1.29, 1.82) is 0 Å². The molecule has 94 valence electrons. The maximum absolute atomic E-state index is 13.7. The first kappa shape index (κ1) is 11.6. The monoisotopic (exact) mass is 267 g/mol. The Hall–Kier alpha value is -1.46. The number of hydrogen-bond donors (Lipinski definition) is 1. The molecule has 18 heavy (non-hydrogen) atoms. The summed E-state index contributed by atoms with van der Waals surface area (Å²) in [5.74, 6) is 0.0892. The zero-order valence-corrected chi connectivity index (χ0v) is 10.2. The molecule has 0 atom stereocenters. The Morgan fingerprint density at radius 2 is 2.17 bits per heavy atom. The van der Waals surface area contributed by atoms with E-state index in [-0.39, 0.29) is 11.5 Å². The molecule has 3 rings (SSSR count). The molecule has 0 spiro atoms. The standard InChI is InChI=1S/C12H11ClFN3O/c13-7-2-3-8(9(14)6-7)10-16-11(17-18-10)12(15)4-1-5-12/h2-3,6H,1,4-5,15H2. The van der Waals surface area contributed by atoms with Crippen molar-refractivity contribution in [3.05, 3.63) is 34.9 Å². The van der Waals surface area contributed by atoms with Crippen molar-refractivity contribution >= 4 is 11.6 Å². The van der Waals surface area contributed by atoms with Gasteiger partial charge in [0.15, 0.2) is 5.82 Å². The van der Waals surface area contributed by atoms with E-state index in [4.69, 9.17) is 21.9 Å². The minimum atomic E-state index is -0.509. The fourth-order valence-corrected chi connectivity index (χ4v) is 2.14. The van der Waals surface area contributed by atoms with E-state index in [2.05, 4.69) is 10.1 Å². The first-order chi connectivity index (χ1) is 8.58. The van der Waals surface area contributed by atoms with Gasteiger partial charge in [0.25, 0.3) is 5.89 Å². The van der Waals surface area contributed by atoms with Crippen LogP contribution in [0.15, 0.2) is 22.7 Å². The molecule has 6 heteroatoms. The van der Waals surface area contributed by atoms with Gasteiger partial charge >= 0.3 is 0 Å². The lowest BCUT2D eigenvalue weighted by atomic mass is 9.77. The molecule has 1 saturated carbocycles. The second-order valence-electron chi connectivity index (χ2n) is 4.56. The lowest BCUT2D eigenvalue weighted by molar-refractivity contribution is 0.229. The third-order valence-electron chi connectivity index (χ3n) is 3.28. The predicted molar refractivity (Wildman–Crippen MR) is 64.4 cm³/mol. The molecule has 1 fully saturated rings. The van der Waals surface area contributed by atoms with Crippen LogP contribution in [0.4, 0.5) is 4.39 Å². The molecular formula is C12H11ClFN3O. The molecule has 1 heterocycles. The van der Waals surface area contributed by atoms with Crippen LogP contribution in [0.1, 0.15) is 25.1 Å². The van der Waals surface area contributed by atoms with Crippen molar-refractivity contribution in [3.63, 3.8) is 0 Å². The van der Waals surface area contributed by atoms with Crippen molar-refractivity contribution in [2.75, 3.05) is 0 Å².